The van der Waals surface area contributed by atoms with E-state index in [9.17, 15) is 14.0 Å². The molecule has 6 nitrogen and oxygen atoms in total. The van der Waals surface area contributed by atoms with Crippen LogP contribution in [-0.4, -0.2) is 52.8 Å². The van der Waals surface area contributed by atoms with Crippen LogP contribution < -0.4 is 0 Å². The summed E-state index contributed by atoms with van der Waals surface area (Å²) in [5.74, 6) is -0.135. The third-order valence-electron chi connectivity index (χ3n) is 5.87. The summed E-state index contributed by atoms with van der Waals surface area (Å²) in [6.07, 6.45) is 1.58. The smallest absolute Gasteiger partial charge is 0.266 e. The van der Waals surface area contributed by atoms with Crippen molar-refractivity contribution < 1.29 is 18.4 Å². The van der Waals surface area contributed by atoms with Crippen molar-refractivity contribution in [3.05, 3.63) is 88.7 Å². The first-order valence-electron chi connectivity index (χ1n) is 11.0. The first kappa shape index (κ1) is 22.0. The van der Waals surface area contributed by atoms with Crippen LogP contribution in [0.25, 0.3) is 22.0 Å². The molecule has 0 spiro atoms. The zero-order valence-corrected chi connectivity index (χ0v) is 19.3. The summed E-state index contributed by atoms with van der Waals surface area (Å²) in [4.78, 5) is 35.0. The van der Waals surface area contributed by atoms with Crippen LogP contribution in [0.15, 0.2) is 71.3 Å². The van der Waals surface area contributed by atoms with Crippen molar-refractivity contribution in [2.45, 2.75) is 6.92 Å². The molecule has 172 valence electrons. The van der Waals surface area contributed by atoms with Crippen molar-refractivity contribution in [1.82, 2.24) is 14.8 Å². The molecule has 1 aliphatic rings. The Kier molecular flexibility index (Phi) is 5.98. The molecule has 1 aliphatic heterocycles. The number of benzene rings is 2. The molecular weight excluding hydrogens is 453 g/mol. The van der Waals surface area contributed by atoms with Crippen LogP contribution >= 0.6 is 11.3 Å². The zero-order chi connectivity index (χ0) is 23.7. The minimum atomic E-state index is -0.398. The fourth-order valence-electron chi connectivity index (χ4n) is 3.93. The Bertz CT molecular complexity index is 1330. The van der Waals surface area contributed by atoms with Crippen LogP contribution in [0.3, 0.4) is 0 Å². The van der Waals surface area contributed by atoms with Crippen LogP contribution in [0.4, 0.5) is 4.39 Å². The lowest BCUT2D eigenvalue weighted by molar-refractivity contribution is 0.0538. The summed E-state index contributed by atoms with van der Waals surface area (Å²) in [6.45, 7) is 3.20. The van der Waals surface area contributed by atoms with Gasteiger partial charge < -0.3 is 14.2 Å². The highest BCUT2D eigenvalue weighted by molar-refractivity contribution is 7.17. The average Bonchev–Trinajstić information content (AvgIpc) is 3.56. The molecule has 0 aliphatic carbocycles. The number of rotatable bonds is 4. The average molecular weight is 476 g/mol. The van der Waals surface area contributed by atoms with E-state index in [0.717, 1.165) is 5.56 Å². The van der Waals surface area contributed by atoms with Gasteiger partial charge in [0.25, 0.3) is 11.8 Å². The number of thiazole rings is 1. The molecule has 0 N–H and O–H groups in total. The molecule has 2 amide bonds. The molecule has 3 heterocycles. The number of furan rings is 1. The number of aromatic nitrogens is 1. The van der Waals surface area contributed by atoms with Gasteiger partial charge in [-0.25, -0.2) is 9.37 Å². The van der Waals surface area contributed by atoms with E-state index in [1.807, 2.05) is 36.4 Å². The summed E-state index contributed by atoms with van der Waals surface area (Å²) in [7, 11) is 0. The second-order valence-corrected chi connectivity index (χ2v) is 9.09. The maximum Gasteiger partial charge on any atom is 0.266 e. The quantitative estimate of drug-likeness (QED) is 0.411. The SMILES string of the molecule is Cc1ccc(C(=O)N2CCN(C(=O)c3sc(-c4ccco4)nc3-c3ccccc3)CC2)cc1F. The number of hydrogen-bond acceptors (Lipinski definition) is 5. The Morgan fingerprint density at radius 1 is 0.941 bits per heavy atom. The third-order valence-corrected chi connectivity index (χ3v) is 6.93. The van der Waals surface area contributed by atoms with Crippen LogP contribution in [0, 0.1) is 12.7 Å². The van der Waals surface area contributed by atoms with Crippen molar-refractivity contribution in [2.75, 3.05) is 26.2 Å². The number of hydrogen-bond donors (Lipinski definition) is 0. The lowest BCUT2D eigenvalue weighted by Gasteiger charge is -2.34. The molecule has 0 atom stereocenters. The summed E-state index contributed by atoms with van der Waals surface area (Å²) in [5, 5.41) is 0.641. The molecule has 8 heteroatoms. The molecule has 2 aromatic heterocycles. The number of carbonyl (C=O) groups is 2. The summed E-state index contributed by atoms with van der Waals surface area (Å²) in [6, 6.07) is 17.7. The first-order valence-corrected chi connectivity index (χ1v) is 11.8. The molecule has 0 radical (unpaired) electrons. The van der Waals surface area contributed by atoms with E-state index >= 15 is 0 Å². The first-order chi connectivity index (χ1) is 16.5. The standard InChI is InChI=1S/C26H22FN3O3S/c1-17-9-10-19(16-20(17)27)25(31)29-11-13-30(14-12-29)26(32)23-22(18-6-3-2-4-7-18)28-24(34-23)21-8-5-15-33-21/h2-10,15-16H,11-14H2,1H3. The van der Waals surface area contributed by atoms with Crippen molar-refractivity contribution >= 4 is 23.2 Å². The number of aryl methyl sites for hydroxylation is 1. The van der Waals surface area contributed by atoms with Gasteiger partial charge in [-0.15, -0.1) is 11.3 Å². The maximum atomic E-state index is 13.9. The van der Waals surface area contributed by atoms with E-state index in [4.69, 9.17) is 9.40 Å². The number of nitrogens with zero attached hydrogens (tertiary/aromatic N) is 3. The number of amides is 2. The number of halogens is 1. The van der Waals surface area contributed by atoms with Gasteiger partial charge in [0.1, 0.15) is 10.7 Å². The van der Waals surface area contributed by atoms with Crippen LogP contribution in [0.5, 0.6) is 0 Å². The van der Waals surface area contributed by atoms with Gasteiger partial charge in [0.2, 0.25) is 0 Å². The molecule has 1 saturated heterocycles. The summed E-state index contributed by atoms with van der Waals surface area (Å²) < 4.78 is 19.4. The normalized spacial score (nSPS) is 13.8. The second-order valence-electron chi connectivity index (χ2n) is 8.09. The predicted octanol–water partition coefficient (Wildman–Crippen LogP) is 5.12. The highest BCUT2D eigenvalue weighted by Crippen LogP contribution is 2.35. The minimum Gasteiger partial charge on any atom is -0.462 e. The van der Waals surface area contributed by atoms with Gasteiger partial charge in [0.15, 0.2) is 10.8 Å². The molecule has 5 rings (SSSR count). The summed E-state index contributed by atoms with van der Waals surface area (Å²) >= 11 is 1.30. The molecule has 0 saturated carbocycles. The Morgan fingerprint density at radius 3 is 2.29 bits per heavy atom. The van der Waals surface area contributed by atoms with Gasteiger partial charge in [-0.05, 0) is 36.8 Å². The van der Waals surface area contributed by atoms with E-state index in [1.165, 1.54) is 17.4 Å². The van der Waals surface area contributed by atoms with Crippen LogP contribution in [-0.2, 0) is 0 Å². The fourth-order valence-corrected chi connectivity index (χ4v) is 4.95. The Balaban J connectivity index is 1.35. The molecule has 1 fully saturated rings. The Labute approximate surface area is 200 Å². The Morgan fingerprint density at radius 2 is 1.65 bits per heavy atom. The minimum absolute atomic E-state index is 0.123. The highest BCUT2D eigenvalue weighted by Gasteiger charge is 2.29. The fraction of sp³-hybridized carbons (Fsp3) is 0.192. The summed E-state index contributed by atoms with van der Waals surface area (Å²) in [5.41, 5.74) is 2.30. The van der Waals surface area contributed by atoms with E-state index in [2.05, 4.69) is 0 Å². The van der Waals surface area contributed by atoms with Gasteiger partial charge >= 0.3 is 0 Å². The monoisotopic (exact) mass is 475 g/mol. The highest BCUT2D eigenvalue weighted by atomic mass is 32.1. The second kappa shape index (κ2) is 9.23. The largest absolute Gasteiger partial charge is 0.462 e. The van der Waals surface area contributed by atoms with Crippen molar-refractivity contribution in [3.8, 4) is 22.0 Å². The van der Waals surface area contributed by atoms with Crippen molar-refractivity contribution in [2.24, 2.45) is 0 Å². The predicted molar refractivity (Wildman–Crippen MR) is 128 cm³/mol. The number of carbonyl (C=O) groups excluding carboxylic acids is 2. The van der Waals surface area contributed by atoms with E-state index in [0.29, 0.717) is 58.6 Å². The van der Waals surface area contributed by atoms with Gasteiger partial charge in [-0.3, -0.25) is 9.59 Å². The maximum absolute atomic E-state index is 13.9. The molecule has 0 bridgehead atoms. The molecular formula is C26H22FN3O3S. The lowest BCUT2D eigenvalue weighted by atomic mass is 10.1. The molecule has 4 aromatic rings. The van der Waals surface area contributed by atoms with Gasteiger partial charge in [0.05, 0.1) is 12.0 Å². The molecule has 2 aromatic carbocycles. The van der Waals surface area contributed by atoms with E-state index in [-0.39, 0.29) is 11.8 Å². The van der Waals surface area contributed by atoms with E-state index < -0.39 is 5.82 Å². The third kappa shape index (κ3) is 4.24. The zero-order valence-electron chi connectivity index (χ0n) is 18.5. The van der Waals surface area contributed by atoms with Crippen LogP contribution in [0.2, 0.25) is 0 Å². The lowest BCUT2D eigenvalue weighted by Crippen LogP contribution is -2.50. The van der Waals surface area contributed by atoms with Gasteiger partial charge in [0, 0.05) is 37.3 Å². The van der Waals surface area contributed by atoms with Crippen LogP contribution in [0.1, 0.15) is 25.6 Å². The topological polar surface area (TPSA) is 66.7 Å². The van der Waals surface area contributed by atoms with E-state index in [1.54, 1.807) is 41.2 Å². The van der Waals surface area contributed by atoms with Crippen molar-refractivity contribution in [1.29, 1.82) is 0 Å². The molecule has 34 heavy (non-hydrogen) atoms. The van der Waals surface area contributed by atoms with Crippen molar-refractivity contribution in [3.63, 3.8) is 0 Å². The van der Waals surface area contributed by atoms with Gasteiger partial charge in [-0.2, -0.15) is 0 Å². The molecule has 0 unspecified atom stereocenters. The Hall–Kier alpha value is -3.78. The van der Waals surface area contributed by atoms with Gasteiger partial charge in [-0.1, -0.05) is 36.4 Å². The number of piperazine rings is 1.